The number of phenols is 1. The quantitative estimate of drug-likeness (QED) is 0.860. The molecule has 3 rings (SSSR count). The SMILES string of the molecule is C[C@H]1CCCCN1C(=O)CSc1nnnn1-c1ccc(O)cc1. The van der Waals surface area contributed by atoms with Gasteiger partial charge in [0.25, 0.3) is 0 Å². The topological polar surface area (TPSA) is 84.1 Å². The molecule has 7 nitrogen and oxygen atoms in total. The van der Waals surface area contributed by atoms with Crippen LogP contribution in [0.4, 0.5) is 0 Å². The van der Waals surface area contributed by atoms with Gasteiger partial charge in [0.05, 0.1) is 11.4 Å². The molecule has 1 aromatic carbocycles. The summed E-state index contributed by atoms with van der Waals surface area (Å²) in [5.74, 6) is 0.635. The highest BCUT2D eigenvalue weighted by Gasteiger charge is 2.23. The molecular formula is C15H19N5O2S. The minimum Gasteiger partial charge on any atom is -0.508 e. The molecule has 1 atom stereocenters. The number of nitrogens with zero attached hydrogens (tertiary/aromatic N) is 5. The average molecular weight is 333 g/mol. The number of phenolic OH excluding ortho intramolecular Hbond substituents is 1. The fraction of sp³-hybridized carbons (Fsp3) is 0.467. The van der Waals surface area contributed by atoms with Crippen LogP contribution >= 0.6 is 11.8 Å². The van der Waals surface area contributed by atoms with Crippen LogP contribution in [-0.4, -0.2) is 54.5 Å². The predicted molar refractivity (Wildman–Crippen MR) is 86.6 cm³/mol. The van der Waals surface area contributed by atoms with Crippen molar-refractivity contribution in [3.8, 4) is 11.4 Å². The van der Waals surface area contributed by atoms with Crippen molar-refractivity contribution in [1.82, 2.24) is 25.1 Å². The van der Waals surface area contributed by atoms with Crippen LogP contribution in [0.25, 0.3) is 5.69 Å². The lowest BCUT2D eigenvalue weighted by Gasteiger charge is -2.33. The summed E-state index contributed by atoms with van der Waals surface area (Å²) in [5, 5.41) is 21.5. The van der Waals surface area contributed by atoms with Crippen molar-refractivity contribution < 1.29 is 9.90 Å². The molecule has 1 saturated heterocycles. The zero-order chi connectivity index (χ0) is 16.2. The van der Waals surface area contributed by atoms with Crippen LogP contribution in [0.15, 0.2) is 29.4 Å². The van der Waals surface area contributed by atoms with Gasteiger partial charge in [-0.3, -0.25) is 4.79 Å². The fourth-order valence-corrected chi connectivity index (χ4v) is 3.48. The Labute approximate surface area is 138 Å². The molecule has 0 bridgehead atoms. The minimum atomic E-state index is 0.127. The van der Waals surface area contributed by atoms with Gasteiger partial charge in [-0.25, -0.2) is 0 Å². The van der Waals surface area contributed by atoms with E-state index in [1.807, 2.05) is 4.90 Å². The Kier molecular flexibility index (Phi) is 4.80. The number of carbonyl (C=O) groups excluding carboxylic acids is 1. The number of thioether (sulfide) groups is 1. The molecular weight excluding hydrogens is 314 g/mol. The molecule has 1 aromatic heterocycles. The molecule has 1 aliphatic heterocycles. The van der Waals surface area contributed by atoms with Crippen molar-refractivity contribution >= 4 is 17.7 Å². The largest absolute Gasteiger partial charge is 0.508 e. The molecule has 0 saturated carbocycles. The summed E-state index contributed by atoms with van der Waals surface area (Å²) >= 11 is 1.33. The van der Waals surface area contributed by atoms with Gasteiger partial charge in [-0.2, -0.15) is 4.68 Å². The van der Waals surface area contributed by atoms with Crippen LogP contribution in [0.1, 0.15) is 26.2 Å². The van der Waals surface area contributed by atoms with E-state index in [-0.39, 0.29) is 11.7 Å². The second kappa shape index (κ2) is 6.99. The van der Waals surface area contributed by atoms with Crippen LogP contribution in [0.3, 0.4) is 0 Å². The Morgan fingerprint density at radius 1 is 1.35 bits per heavy atom. The highest BCUT2D eigenvalue weighted by molar-refractivity contribution is 7.99. The number of aromatic hydroxyl groups is 1. The normalized spacial score (nSPS) is 18.1. The first kappa shape index (κ1) is 15.8. The van der Waals surface area contributed by atoms with Gasteiger partial charge < -0.3 is 10.0 Å². The summed E-state index contributed by atoms with van der Waals surface area (Å²) in [6, 6.07) is 6.91. The van der Waals surface area contributed by atoms with Crippen molar-refractivity contribution in [3.63, 3.8) is 0 Å². The van der Waals surface area contributed by atoms with Gasteiger partial charge in [-0.1, -0.05) is 11.8 Å². The minimum absolute atomic E-state index is 0.127. The molecule has 2 heterocycles. The first-order valence-corrected chi connectivity index (χ1v) is 8.64. The molecule has 0 radical (unpaired) electrons. The number of tetrazole rings is 1. The average Bonchev–Trinajstić information content (AvgIpc) is 3.02. The molecule has 0 spiro atoms. The number of carbonyl (C=O) groups is 1. The first-order chi connectivity index (χ1) is 11.1. The monoisotopic (exact) mass is 333 g/mol. The smallest absolute Gasteiger partial charge is 0.233 e. The Hall–Kier alpha value is -2.09. The van der Waals surface area contributed by atoms with Gasteiger partial charge in [-0.15, -0.1) is 5.10 Å². The second-order valence-electron chi connectivity index (χ2n) is 5.61. The van der Waals surface area contributed by atoms with E-state index in [4.69, 9.17) is 0 Å². The van der Waals surface area contributed by atoms with Crippen LogP contribution < -0.4 is 0 Å². The second-order valence-corrected chi connectivity index (χ2v) is 6.55. The highest BCUT2D eigenvalue weighted by Crippen LogP contribution is 2.22. The molecule has 2 aromatic rings. The van der Waals surface area contributed by atoms with Gasteiger partial charge in [0.2, 0.25) is 11.1 Å². The maximum absolute atomic E-state index is 12.4. The van der Waals surface area contributed by atoms with Gasteiger partial charge >= 0.3 is 0 Å². The van der Waals surface area contributed by atoms with Crippen LogP contribution in [0.2, 0.25) is 0 Å². The molecule has 23 heavy (non-hydrogen) atoms. The number of likely N-dealkylation sites (tertiary alicyclic amines) is 1. The molecule has 1 aliphatic rings. The molecule has 8 heteroatoms. The lowest BCUT2D eigenvalue weighted by molar-refractivity contribution is -0.131. The van der Waals surface area contributed by atoms with E-state index in [1.165, 1.54) is 18.2 Å². The molecule has 0 unspecified atom stereocenters. The third kappa shape index (κ3) is 3.64. The van der Waals surface area contributed by atoms with Crippen molar-refractivity contribution in [2.75, 3.05) is 12.3 Å². The van der Waals surface area contributed by atoms with E-state index in [9.17, 15) is 9.90 Å². The number of aromatic nitrogens is 4. The van der Waals surface area contributed by atoms with E-state index >= 15 is 0 Å². The summed E-state index contributed by atoms with van der Waals surface area (Å²) < 4.78 is 1.57. The van der Waals surface area contributed by atoms with Gasteiger partial charge in [0.15, 0.2) is 0 Å². The van der Waals surface area contributed by atoms with Crippen LogP contribution in [0.5, 0.6) is 5.75 Å². The first-order valence-electron chi connectivity index (χ1n) is 7.65. The molecule has 1 amide bonds. The van der Waals surface area contributed by atoms with E-state index in [0.29, 0.717) is 17.0 Å². The number of benzene rings is 1. The maximum atomic E-state index is 12.4. The van der Waals surface area contributed by atoms with E-state index in [1.54, 1.807) is 28.9 Å². The Bertz CT molecular complexity index is 673. The Morgan fingerprint density at radius 3 is 2.87 bits per heavy atom. The van der Waals surface area contributed by atoms with Gasteiger partial charge in [0.1, 0.15) is 5.75 Å². The number of hydrogen-bond acceptors (Lipinski definition) is 6. The summed E-state index contributed by atoms with van der Waals surface area (Å²) in [4.78, 5) is 14.3. The van der Waals surface area contributed by atoms with Crippen molar-refractivity contribution in [3.05, 3.63) is 24.3 Å². The van der Waals surface area contributed by atoms with E-state index in [2.05, 4.69) is 22.4 Å². The zero-order valence-electron chi connectivity index (χ0n) is 12.9. The number of hydrogen-bond donors (Lipinski definition) is 1. The van der Waals surface area contributed by atoms with Crippen molar-refractivity contribution in [2.24, 2.45) is 0 Å². The summed E-state index contributed by atoms with van der Waals surface area (Å²) in [6.45, 7) is 2.94. The third-order valence-corrected chi connectivity index (χ3v) is 4.89. The molecule has 1 N–H and O–H groups in total. The summed E-state index contributed by atoms with van der Waals surface area (Å²) in [6.07, 6.45) is 3.34. The maximum Gasteiger partial charge on any atom is 0.233 e. The summed E-state index contributed by atoms with van der Waals surface area (Å²) in [7, 11) is 0. The Balaban J connectivity index is 1.66. The molecule has 1 fully saturated rings. The number of piperidine rings is 1. The lowest BCUT2D eigenvalue weighted by atomic mass is 10.0. The van der Waals surface area contributed by atoms with Crippen molar-refractivity contribution in [2.45, 2.75) is 37.4 Å². The zero-order valence-corrected chi connectivity index (χ0v) is 13.7. The van der Waals surface area contributed by atoms with Crippen LogP contribution in [0, 0.1) is 0 Å². The number of amides is 1. The predicted octanol–water partition coefficient (Wildman–Crippen LogP) is 1.86. The highest BCUT2D eigenvalue weighted by atomic mass is 32.2. The summed E-state index contributed by atoms with van der Waals surface area (Å²) in [5.41, 5.74) is 0.745. The lowest BCUT2D eigenvalue weighted by Crippen LogP contribution is -2.42. The number of rotatable bonds is 4. The Morgan fingerprint density at radius 2 is 2.13 bits per heavy atom. The van der Waals surface area contributed by atoms with E-state index < -0.39 is 0 Å². The standard InChI is InChI=1S/C15H19N5O2S/c1-11-4-2-3-9-19(11)14(22)10-23-15-16-17-18-20(15)12-5-7-13(21)8-6-12/h5-8,11,21H,2-4,9-10H2,1H3/t11-/m0/s1. The van der Waals surface area contributed by atoms with E-state index in [0.717, 1.165) is 25.1 Å². The molecule has 0 aliphatic carbocycles. The third-order valence-electron chi connectivity index (χ3n) is 3.98. The molecule has 122 valence electrons. The van der Waals surface area contributed by atoms with Crippen LogP contribution in [-0.2, 0) is 4.79 Å². The van der Waals surface area contributed by atoms with Gasteiger partial charge in [-0.05, 0) is 60.9 Å². The van der Waals surface area contributed by atoms with Crippen molar-refractivity contribution in [1.29, 1.82) is 0 Å². The van der Waals surface area contributed by atoms with Gasteiger partial charge in [0, 0.05) is 12.6 Å². The fourth-order valence-electron chi connectivity index (χ4n) is 2.70.